The van der Waals surface area contributed by atoms with E-state index in [1.807, 2.05) is 13.0 Å². The lowest BCUT2D eigenvalue weighted by Gasteiger charge is -2.14. The molecule has 1 aromatic carbocycles. The van der Waals surface area contributed by atoms with E-state index in [2.05, 4.69) is 31.2 Å². The quantitative estimate of drug-likeness (QED) is 0.691. The first kappa shape index (κ1) is 17.5. The zero-order chi connectivity index (χ0) is 16.9. The second kappa shape index (κ2) is 7.63. The molecule has 0 fully saturated rings. The molecular formula is C15H15BrF3N3O. The van der Waals surface area contributed by atoms with Crippen molar-refractivity contribution in [3.8, 4) is 5.88 Å². The van der Waals surface area contributed by atoms with Gasteiger partial charge in [-0.25, -0.2) is 4.98 Å². The van der Waals surface area contributed by atoms with Crippen LogP contribution in [0.15, 0.2) is 34.9 Å². The maximum absolute atomic E-state index is 13.0. The minimum Gasteiger partial charge on any atom is -0.477 e. The first-order valence-electron chi connectivity index (χ1n) is 7.00. The largest absolute Gasteiger partial charge is 0.477 e. The van der Waals surface area contributed by atoms with Crippen LogP contribution in [-0.4, -0.2) is 16.6 Å². The van der Waals surface area contributed by atoms with E-state index < -0.39 is 17.6 Å². The summed E-state index contributed by atoms with van der Waals surface area (Å²) in [5.74, 6) is -0.424. The molecule has 124 valence electrons. The number of para-hydroxylation sites is 1. The lowest BCUT2D eigenvalue weighted by atomic mass is 10.3. The number of halogens is 4. The molecule has 0 amide bonds. The van der Waals surface area contributed by atoms with E-state index in [-0.39, 0.29) is 12.6 Å². The van der Waals surface area contributed by atoms with Gasteiger partial charge in [0.1, 0.15) is 5.56 Å². The molecule has 2 rings (SSSR count). The van der Waals surface area contributed by atoms with Crippen LogP contribution in [0.25, 0.3) is 0 Å². The van der Waals surface area contributed by atoms with Crippen LogP contribution in [0.5, 0.6) is 5.88 Å². The number of anilines is 2. The van der Waals surface area contributed by atoms with Gasteiger partial charge >= 0.3 is 6.18 Å². The van der Waals surface area contributed by atoms with E-state index in [1.54, 1.807) is 18.2 Å². The van der Waals surface area contributed by atoms with Gasteiger partial charge < -0.3 is 10.1 Å². The maximum Gasteiger partial charge on any atom is 0.423 e. The molecule has 0 bridgehead atoms. The minimum atomic E-state index is -4.56. The summed E-state index contributed by atoms with van der Waals surface area (Å²) in [6.07, 6.45) is -2.37. The van der Waals surface area contributed by atoms with Crippen LogP contribution in [0.3, 0.4) is 0 Å². The Hall–Kier alpha value is -1.83. The van der Waals surface area contributed by atoms with Gasteiger partial charge in [0.25, 0.3) is 0 Å². The van der Waals surface area contributed by atoms with E-state index in [4.69, 9.17) is 4.74 Å². The van der Waals surface area contributed by atoms with Gasteiger partial charge in [0, 0.05) is 10.7 Å². The van der Waals surface area contributed by atoms with Crippen molar-refractivity contribution in [2.75, 3.05) is 11.9 Å². The second-order valence-corrected chi connectivity index (χ2v) is 5.57. The Kier molecular flexibility index (Phi) is 5.81. The summed E-state index contributed by atoms with van der Waals surface area (Å²) in [5, 5.41) is 2.87. The standard InChI is InChI=1S/C15H15BrF3N3O/c1-2-3-8-23-13-10(15(17,18)19)9-20-14(22-13)21-12-7-5-4-6-11(12)16/h4-7,9H,2-3,8H2,1H3,(H,20,21,22). The van der Waals surface area contributed by atoms with Gasteiger partial charge in [0.05, 0.1) is 12.3 Å². The SMILES string of the molecule is CCCCOc1nc(Nc2ccccc2Br)ncc1C(F)(F)F. The third kappa shape index (κ3) is 4.82. The van der Waals surface area contributed by atoms with Crippen molar-refractivity contribution in [3.05, 3.63) is 40.5 Å². The maximum atomic E-state index is 13.0. The summed E-state index contributed by atoms with van der Waals surface area (Å²) in [4.78, 5) is 7.59. The van der Waals surface area contributed by atoms with Crippen molar-refractivity contribution < 1.29 is 17.9 Å². The monoisotopic (exact) mass is 389 g/mol. The summed E-state index contributed by atoms with van der Waals surface area (Å²) >= 11 is 3.34. The normalized spacial score (nSPS) is 11.3. The van der Waals surface area contributed by atoms with E-state index in [0.29, 0.717) is 12.1 Å². The lowest BCUT2D eigenvalue weighted by Crippen LogP contribution is -2.13. The number of benzene rings is 1. The first-order chi connectivity index (χ1) is 10.9. The van der Waals surface area contributed by atoms with Crippen LogP contribution in [0.4, 0.5) is 24.8 Å². The van der Waals surface area contributed by atoms with E-state index >= 15 is 0 Å². The van der Waals surface area contributed by atoms with Crippen molar-refractivity contribution in [1.29, 1.82) is 0 Å². The molecule has 23 heavy (non-hydrogen) atoms. The fraction of sp³-hybridized carbons (Fsp3) is 0.333. The van der Waals surface area contributed by atoms with Crippen molar-refractivity contribution >= 4 is 27.6 Å². The fourth-order valence-corrected chi connectivity index (χ4v) is 2.11. The summed E-state index contributed by atoms with van der Waals surface area (Å²) in [5.41, 5.74) is -0.335. The first-order valence-corrected chi connectivity index (χ1v) is 7.79. The number of nitrogens with zero attached hydrogens (tertiary/aromatic N) is 2. The van der Waals surface area contributed by atoms with Crippen molar-refractivity contribution in [3.63, 3.8) is 0 Å². The average molecular weight is 390 g/mol. The molecule has 1 aromatic heterocycles. The molecule has 1 N–H and O–H groups in total. The van der Waals surface area contributed by atoms with E-state index in [1.165, 1.54) is 0 Å². The van der Waals surface area contributed by atoms with E-state index in [0.717, 1.165) is 17.1 Å². The Bertz CT molecular complexity index is 665. The molecule has 0 radical (unpaired) electrons. The summed E-state index contributed by atoms with van der Waals surface area (Å²) in [7, 11) is 0. The van der Waals surface area contributed by atoms with Gasteiger partial charge in [-0.15, -0.1) is 0 Å². The van der Waals surface area contributed by atoms with Gasteiger partial charge in [-0.2, -0.15) is 18.2 Å². The number of aromatic nitrogens is 2. The molecule has 4 nitrogen and oxygen atoms in total. The number of unbranched alkanes of at least 4 members (excludes halogenated alkanes) is 1. The zero-order valence-corrected chi connectivity index (χ0v) is 13.9. The van der Waals surface area contributed by atoms with Crippen LogP contribution in [0.2, 0.25) is 0 Å². The summed E-state index contributed by atoms with van der Waals surface area (Å²) in [6.45, 7) is 2.10. The predicted octanol–water partition coefficient (Wildman–Crippen LogP) is 5.18. The molecule has 2 aromatic rings. The summed E-state index contributed by atoms with van der Waals surface area (Å²) < 4.78 is 44.9. The van der Waals surface area contributed by atoms with Gasteiger partial charge in [-0.05, 0) is 34.5 Å². The highest BCUT2D eigenvalue weighted by Crippen LogP contribution is 2.35. The van der Waals surface area contributed by atoms with Crippen LogP contribution >= 0.6 is 15.9 Å². The van der Waals surface area contributed by atoms with Crippen LogP contribution in [0, 0.1) is 0 Å². The lowest BCUT2D eigenvalue weighted by molar-refractivity contribution is -0.139. The highest BCUT2D eigenvalue weighted by molar-refractivity contribution is 9.10. The third-order valence-electron chi connectivity index (χ3n) is 2.92. The average Bonchev–Trinajstić information content (AvgIpc) is 2.49. The molecule has 0 atom stereocenters. The molecule has 0 saturated carbocycles. The number of hydrogen-bond donors (Lipinski definition) is 1. The Morgan fingerprint density at radius 3 is 2.65 bits per heavy atom. The number of ether oxygens (including phenoxy) is 1. The Morgan fingerprint density at radius 2 is 2.00 bits per heavy atom. The van der Waals surface area contributed by atoms with Gasteiger partial charge in [-0.1, -0.05) is 25.5 Å². The number of alkyl halides is 3. The fourth-order valence-electron chi connectivity index (χ4n) is 1.73. The van der Waals surface area contributed by atoms with Crippen LogP contribution in [-0.2, 0) is 6.18 Å². The molecule has 0 unspecified atom stereocenters. The number of nitrogens with one attached hydrogen (secondary N) is 1. The molecule has 0 aliphatic carbocycles. The minimum absolute atomic E-state index is 0.0383. The smallest absolute Gasteiger partial charge is 0.423 e. The Morgan fingerprint density at radius 1 is 1.26 bits per heavy atom. The molecule has 0 saturated heterocycles. The predicted molar refractivity (Wildman–Crippen MR) is 84.9 cm³/mol. The summed E-state index contributed by atoms with van der Waals surface area (Å²) in [6, 6.07) is 7.16. The highest BCUT2D eigenvalue weighted by atomic mass is 79.9. The van der Waals surface area contributed by atoms with Gasteiger partial charge in [0.2, 0.25) is 11.8 Å². The van der Waals surface area contributed by atoms with Crippen LogP contribution < -0.4 is 10.1 Å². The molecule has 1 heterocycles. The second-order valence-electron chi connectivity index (χ2n) is 4.72. The van der Waals surface area contributed by atoms with Crippen molar-refractivity contribution in [2.45, 2.75) is 25.9 Å². The molecule has 8 heteroatoms. The topological polar surface area (TPSA) is 47.0 Å². The molecule has 0 spiro atoms. The van der Waals surface area contributed by atoms with E-state index in [9.17, 15) is 13.2 Å². The number of hydrogen-bond acceptors (Lipinski definition) is 4. The number of rotatable bonds is 6. The third-order valence-corrected chi connectivity index (χ3v) is 3.61. The molecule has 0 aliphatic heterocycles. The zero-order valence-electron chi connectivity index (χ0n) is 12.3. The van der Waals surface area contributed by atoms with Crippen LogP contribution in [0.1, 0.15) is 25.3 Å². The molecular weight excluding hydrogens is 375 g/mol. The Balaban J connectivity index is 2.28. The molecule has 0 aliphatic rings. The van der Waals surface area contributed by atoms with Crippen molar-refractivity contribution in [1.82, 2.24) is 9.97 Å². The van der Waals surface area contributed by atoms with Gasteiger partial charge in [0.15, 0.2) is 0 Å². The highest BCUT2D eigenvalue weighted by Gasteiger charge is 2.36. The van der Waals surface area contributed by atoms with Crippen molar-refractivity contribution in [2.24, 2.45) is 0 Å². The van der Waals surface area contributed by atoms with Gasteiger partial charge in [-0.3, -0.25) is 0 Å². The Labute approximate surface area is 140 Å².